The summed E-state index contributed by atoms with van der Waals surface area (Å²) < 4.78 is 41.4. The molecule has 7 nitrogen and oxygen atoms in total. The van der Waals surface area contributed by atoms with E-state index in [1.54, 1.807) is 23.1 Å². The van der Waals surface area contributed by atoms with E-state index in [2.05, 4.69) is 20.9 Å². The lowest BCUT2D eigenvalue weighted by Gasteiger charge is -2.34. The number of Topliss-reactive ketones (excluding diaryl/α,β-unsaturated/α-hetero) is 1. The number of hydrogen-bond donors (Lipinski definition) is 0. The van der Waals surface area contributed by atoms with E-state index in [0.717, 1.165) is 31.4 Å². The average Bonchev–Trinajstić information content (AvgIpc) is 3.39. The molecule has 0 aliphatic carbocycles. The van der Waals surface area contributed by atoms with Gasteiger partial charge < -0.3 is 14.7 Å². The summed E-state index contributed by atoms with van der Waals surface area (Å²) in [6.45, 7) is 2.73. The van der Waals surface area contributed by atoms with Crippen molar-refractivity contribution in [3.63, 3.8) is 0 Å². The van der Waals surface area contributed by atoms with Gasteiger partial charge in [-0.3, -0.25) is 4.79 Å². The number of hydrogen-bond acceptors (Lipinski definition) is 7. The molecule has 0 amide bonds. The second-order valence-corrected chi connectivity index (χ2v) is 10.6. The Labute approximate surface area is 222 Å². The predicted octanol–water partition coefficient (Wildman–Crippen LogP) is 4.71. The number of aryl methyl sites for hydroxylation is 1. The molecule has 2 aliphatic heterocycles. The Bertz CT molecular complexity index is 1140. The first-order valence-electron chi connectivity index (χ1n) is 13.3. The Morgan fingerprint density at radius 1 is 1.08 bits per heavy atom. The number of nitriles is 1. The Balaban J connectivity index is 1.45. The molecule has 3 heterocycles. The molecule has 1 aromatic carbocycles. The summed E-state index contributed by atoms with van der Waals surface area (Å²) in [5, 5.41) is 8.93. The molecule has 38 heavy (non-hydrogen) atoms. The first kappa shape index (κ1) is 27.8. The molecule has 0 radical (unpaired) electrons. The first-order chi connectivity index (χ1) is 18.1. The second kappa shape index (κ2) is 12.1. The number of carbonyl (C=O) groups is 1. The van der Waals surface area contributed by atoms with Gasteiger partial charge in [0.25, 0.3) is 0 Å². The van der Waals surface area contributed by atoms with E-state index >= 15 is 0 Å². The van der Waals surface area contributed by atoms with Crippen LogP contribution in [0.15, 0.2) is 30.3 Å². The maximum absolute atomic E-state index is 13.8. The zero-order valence-corrected chi connectivity index (χ0v) is 22.0. The minimum Gasteiger partial charge on any atom is -0.356 e. The third-order valence-electron chi connectivity index (χ3n) is 7.40. The number of alkyl halides is 3. The molecule has 1 atom stereocenters. The zero-order valence-electron chi connectivity index (χ0n) is 22.0. The Morgan fingerprint density at radius 2 is 1.76 bits per heavy atom. The summed E-state index contributed by atoms with van der Waals surface area (Å²) in [6, 6.07) is 10.5. The quantitative estimate of drug-likeness (QED) is 0.467. The molecule has 4 rings (SSSR count). The standard InChI is InChI=1S/C28H35F3N6O/c1-35(2)19-22-12-15-36(16-13-22)25-17-26(34-27(33-25)28(29,30)31)37-14-4-6-23(37)24(38)7-3-5-20-8-10-21(18-32)11-9-20/h8-11,17,22-23H,3-7,12-16,19H2,1-2H3/t23-/m0/s1. The highest BCUT2D eigenvalue weighted by atomic mass is 19.4. The van der Waals surface area contributed by atoms with Crippen LogP contribution in [0.5, 0.6) is 0 Å². The topological polar surface area (TPSA) is 76.4 Å². The van der Waals surface area contributed by atoms with Crippen LogP contribution in [0.25, 0.3) is 0 Å². The van der Waals surface area contributed by atoms with E-state index in [1.165, 1.54) is 0 Å². The number of carbonyl (C=O) groups excluding carboxylic acids is 1. The fourth-order valence-electron chi connectivity index (χ4n) is 5.47. The van der Waals surface area contributed by atoms with Crippen molar-refractivity contribution in [2.45, 2.75) is 57.2 Å². The molecular weight excluding hydrogens is 493 g/mol. The van der Waals surface area contributed by atoms with Crippen molar-refractivity contribution in [2.24, 2.45) is 5.92 Å². The predicted molar refractivity (Wildman–Crippen MR) is 140 cm³/mol. The molecule has 0 bridgehead atoms. The van der Waals surface area contributed by atoms with Crippen LogP contribution in [0, 0.1) is 17.2 Å². The van der Waals surface area contributed by atoms with Crippen LogP contribution in [0.3, 0.4) is 0 Å². The molecular formula is C28H35F3N6O. The molecule has 2 aromatic rings. The number of nitrogens with zero attached hydrogens (tertiary/aromatic N) is 6. The molecule has 0 saturated carbocycles. The highest BCUT2D eigenvalue weighted by Crippen LogP contribution is 2.34. The maximum atomic E-state index is 13.8. The largest absolute Gasteiger partial charge is 0.451 e. The fraction of sp³-hybridized carbons (Fsp3) is 0.571. The molecule has 10 heteroatoms. The summed E-state index contributed by atoms with van der Waals surface area (Å²) in [5.74, 6) is -0.159. The molecule has 2 saturated heterocycles. The zero-order chi connectivity index (χ0) is 27.3. The SMILES string of the molecule is CN(C)CC1CCN(c2cc(N3CCC[C@H]3C(=O)CCCc3ccc(C#N)cc3)nc(C(F)(F)F)n2)CC1. The molecule has 1 aromatic heterocycles. The fourth-order valence-corrected chi connectivity index (χ4v) is 5.47. The number of halogens is 3. The number of aromatic nitrogens is 2. The van der Waals surface area contributed by atoms with Gasteiger partial charge in [-0.15, -0.1) is 0 Å². The molecule has 2 fully saturated rings. The monoisotopic (exact) mass is 528 g/mol. The summed E-state index contributed by atoms with van der Waals surface area (Å²) in [4.78, 5) is 26.7. The molecule has 0 spiro atoms. The van der Waals surface area contributed by atoms with Gasteiger partial charge in [0, 0.05) is 38.7 Å². The van der Waals surface area contributed by atoms with Crippen molar-refractivity contribution in [1.82, 2.24) is 14.9 Å². The molecule has 204 valence electrons. The Hall–Kier alpha value is -3.19. The number of anilines is 2. The van der Waals surface area contributed by atoms with Crippen molar-refractivity contribution in [3.8, 4) is 6.07 Å². The average molecular weight is 529 g/mol. The Kier molecular flexibility index (Phi) is 8.87. The van der Waals surface area contributed by atoms with Crippen LogP contribution in [0.2, 0.25) is 0 Å². The van der Waals surface area contributed by atoms with E-state index in [0.29, 0.717) is 56.8 Å². The van der Waals surface area contributed by atoms with Gasteiger partial charge >= 0.3 is 6.18 Å². The maximum Gasteiger partial charge on any atom is 0.451 e. The van der Waals surface area contributed by atoms with Gasteiger partial charge in [0.1, 0.15) is 11.6 Å². The van der Waals surface area contributed by atoms with Crippen LogP contribution in [0.4, 0.5) is 24.8 Å². The van der Waals surface area contributed by atoms with E-state index in [9.17, 15) is 18.0 Å². The van der Waals surface area contributed by atoms with Crippen molar-refractivity contribution < 1.29 is 18.0 Å². The van der Waals surface area contributed by atoms with E-state index in [-0.39, 0.29) is 17.4 Å². The number of benzene rings is 1. The van der Waals surface area contributed by atoms with Gasteiger partial charge in [-0.2, -0.15) is 18.4 Å². The third-order valence-corrected chi connectivity index (χ3v) is 7.40. The molecule has 0 N–H and O–H groups in total. The van der Waals surface area contributed by atoms with Gasteiger partial charge in [-0.05, 0) is 76.2 Å². The van der Waals surface area contributed by atoms with Gasteiger partial charge in [0.05, 0.1) is 17.7 Å². The van der Waals surface area contributed by atoms with Crippen LogP contribution >= 0.6 is 0 Å². The van der Waals surface area contributed by atoms with Crippen LogP contribution in [-0.2, 0) is 17.4 Å². The van der Waals surface area contributed by atoms with Crippen LogP contribution < -0.4 is 9.80 Å². The second-order valence-electron chi connectivity index (χ2n) is 10.6. The summed E-state index contributed by atoms with van der Waals surface area (Å²) >= 11 is 0. The van der Waals surface area contributed by atoms with Gasteiger partial charge in [0.2, 0.25) is 5.82 Å². The van der Waals surface area contributed by atoms with E-state index in [1.807, 2.05) is 31.1 Å². The van der Waals surface area contributed by atoms with Gasteiger partial charge in [-0.1, -0.05) is 12.1 Å². The number of ketones is 1. The van der Waals surface area contributed by atoms with Crippen LogP contribution in [-0.4, -0.2) is 67.0 Å². The third kappa shape index (κ3) is 7.01. The minimum atomic E-state index is -4.67. The molecule has 2 aliphatic rings. The molecule has 0 unspecified atom stereocenters. The van der Waals surface area contributed by atoms with E-state index < -0.39 is 18.0 Å². The first-order valence-corrected chi connectivity index (χ1v) is 13.3. The minimum absolute atomic E-state index is 0.0226. The number of piperidine rings is 1. The van der Waals surface area contributed by atoms with Crippen LogP contribution in [0.1, 0.15) is 55.5 Å². The lowest BCUT2D eigenvalue weighted by Crippen LogP contribution is -2.39. The van der Waals surface area contributed by atoms with Crippen molar-refractivity contribution in [3.05, 3.63) is 47.3 Å². The van der Waals surface area contributed by atoms with Crippen molar-refractivity contribution in [2.75, 3.05) is 50.1 Å². The smallest absolute Gasteiger partial charge is 0.356 e. The normalized spacial score (nSPS) is 18.7. The summed E-state index contributed by atoms with van der Waals surface area (Å²) in [7, 11) is 4.05. The number of rotatable bonds is 9. The van der Waals surface area contributed by atoms with Gasteiger partial charge in [-0.25, -0.2) is 9.97 Å². The summed E-state index contributed by atoms with van der Waals surface area (Å²) in [6.07, 6.45) is 0.114. The highest BCUT2D eigenvalue weighted by Gasteiger charge is 2.38. The van der Waals surface area contributed by atoms with Gasteiger partial charge in [0.15, 0.2) is 5.78 Å². The van der Waals surface area contributed by atoms with E-state index in [4.69, 9.17) is 5.26 Å². The lowest BCUT2D eigenvalue weighted by molar-refractivity contribution is -0.144. The lowest BCUT2D eigenvalue weighted by atomic mass is 9.96. The van der Waals surface area contributed by atoms with Crippen molar-refractivity contribution >= 4 is 17.4 Å². The Morgan fingerprint density at radius 3 is 2.39 bits per heavy atom. The van der Waals surface area contributed by atoms with Crippen molar-refractivity contribution in [1.29, 1.82) is 5.26 Å². The highest BCUT2D eigenvalue weighted by molar-refractivity contribution is 5.87. The summed E-state index contributed by atoms with van der Waals surface area (Å²) in [5.41, 5.74) is 1.64.